The number of phenols is 1. The summed E-state index contributed by atoms with van der Waals surface area (Å²) in [5.41, 5.74) is 4.01. The van der Waals surface area contributed by atoms with Crippen LogP contribution >= 0.6 is 24.6 Å². The van der Waals surface area contributed by atoms with Crippen LogP contribution in [-0.2, 0) is 67.0 Å². The van der Waals surface area contributed by atoms with Crippen LogP contribution in [0.15, 0.2) is 101 Å². The molecule has 0 radical (unpaired) electrons. The molecule has 4 aromatic rings. The molecule has 56 heavy (non-hydrogen) atoms. The third-order valence-corrected chi connectivity index (χ3v) is 12.8. The van der Waals surface area contributed by atoms with E-state index in [-0.39, 0.29) is 51.7 Å². The largest absolute Gasteiger partial charge is 0.506 e. The zero-order valence-corrected chi connectivity index (χ0v) is 32.3. The summed E-state index contributed by atoms with van der Waals surface area (Å²) in [4.78, 5) is -2.56. The highest BCUT2D eigenvalue weighted by Crippen LogP contribution is 2.40. The molecule has 0 saturated heterocycles. The Balaban J connectivity index is 1.65. The molecule has 0 aliphatic carbocycles. The van der Waals surface area contributed by atoms with Crippen molar-refractivity contribution in [3.8, 4) is 5.75 Å². The van der Waals surface area contributed by atoms with Gasteiger partial charge in [-0.25, -0.2) is 27.4 Å². The Bertz CT molecular complexity index is 2590. The van der Waals surface area contributed by atoms with Gasteiger partial charge in [-0.3, -0.25) is 17.5 Å². The van der Waals surface area contributed by atoms with Gasteiger partial charge in [0, 0.05) is 11.5 Å². The number of nitrogens with two attached hydrogens (primary N) is 1. The van der Waals surface area contributed by atoms with E-state index in [2.05, 4.69) is 39.2 Å². The van der Waals surface area contributed by atoms with Crippen molar-refractivity contribution < 1.29 is 85.5 Å². The number of nitrogens with zero attached hydrogens (tertiary/aromatic N) is 4. The lowest BCUT2D eigenvalue weighted by atomic mass is 10.1. The smallest absolute Gasteiger partial charge is 0.297 e. The first-order chi connectivity index (χ1) is 26.3. The summed E-state index contributed by atoms with van der Waals surface area (Å²) < 4.78 is 137. The maximum atomic E-state index is 12.8. The van der Waals surface area contributed by atoms with Crippen molar-refractivity contribution in [1.29, 1.82) is 0 Å². The Morgan fingerprint density at radius 1 is 0.607 bits per heavy atom. The van der Waals surface area contributed by atoms with Gasteiger partial charge < -0.3 is 10.8 Å². The molecule has 0 atom stereocenters. The first-order valence-corrected chi connectivity index (χ1v) is 21.9. The van der Waals surface area contributed by atoms with Crippen molar-refractivity contribution in [2.45, 2.75) is 19.6 Å². The summed E-state index contributed by atoms with van der Waals surface area (Å²) in [5, 5.41) is 48.3. The molecule has 0 aromatic heterocycles. The maximum absolute atomic E-state index is 12.8. The molecule has 30 heteroatoms. The second-order valence-electron chi connectivity index (χ2n) is 10.4. The fraction of sp³-hybridized carbons (Fsp3) is 0.154. The number of nitrogen functional groups attached to an aromatic ring is 1. The average Bonchev–Trinajstić information content (AvgIpc) is 3.12. The van der Waals surface area contributed by atoms with Crippen molar-refractivity contribution in [1.82, 2.24) is 0 Å². The number of hydrogen-bond donors (Lipinski definition) is 6. The number of benzene rings is 4. The minimum atomic E-state index is -5.12. The van der Waals surface area contributed by atoms with Crippen LogP contribution in [0.1, 0.15) is 0 Å². The second kappa shape index (κ2) is 19.0. The zero-order valence-electron chi connectivity index (χ0n) is 27.4. The van der Waals surface area contributed by atoms with Crippen molar-refractivity contribution >= 4 is 104 Å². The topological polar surface area (TPSA) is 369 Å². The predicted molar refractivity (Wildman–Crippen MR) is 192 cm³/mol. The molecule has 4 rings (SSSR count). The Hall–Kier alpha value is -3.96. The van der Waals surface area contributed by atoms with Crippen LogP contribution in [0.5, 0.6) is 5.75 Å². The van der Waals surface area contributed by atoms with Crippen LogP contribution < -0.4 is 5.73 Å². The maximum Gasteiger partial charge on any atom is 0.297 e. The van der Waals surface area contributed by atoms with E-state index in [0.717, 1.165) is 48.5 Å². The van der Waals surface area contributed by atoms with Gasteiger partial charge in [0.15, 0.2) is 44.3 Å². The molecule has 0 spiro atoms. The van der Waals surface area contributed by atoms with E-state index < -0.39 is 102 Å². The molecule has 7 N–H and O–H groups in total. The van der Waals surface area contributed by atoms with E-state index in [4.69, 9.17) is 24.6 Å². The first kappa shape index (κ1) is 44.8. The minimum Gasteiger partial charge on any atom is -0.506 e. The number of aromatic hydroxyl groups is 1. The monoisotopic (exact) mass is 903 g/mol. The Labute approximate surface area is 324 Å². The third-order valence-electron chi connectivity index (χ3n) is 6.84. The fourth-order valence-electron chi connectivity index (χ4n) is 4.41. The molecule has 0 heterocycles. The molecule has 0 bridgehead atoms. The molecule has 0 amide bonds. The number of rotatable bonds is 20. The standard InChI is InChI=1S/C26H25N5O19S6/c27-19-13-24(32)23(31-28-20-6-3-17(12-25(20)55(39,40)41)54(37,38)10-8-46-52-50-48-34)14-22(19)30-29-21-5-1-15-11-16(2-4-18(15)26(21)56(42,43)44)53(35,36)9-7-45-51-49-47-33/h1-6,11-14,32-34H,7-10,27H2,(H,39,40,41)(H,42,43,44). The summed E-state index contributed by atoms with van der Waals surface area (Å²) >= 11 is 0.281. The number of hydrogen-bond acceptors (Lipinski definition) is 24. The summed E-state index contributed by atoms with van der Waals surface area (Å²) in [6, 6.07) is 10.1. The number of sulfone groups is 2. The molecule has 0 aliphatic rings. The third kappa shape index (κ3) is 11.8. The molecule has 24 nitrogen and oxygen atoms in total. The van der Waals surface area contributed by atoms with E-state index in [1.165, 1.54) is 6.07 Å². The summed E-state index contributed by atoms with van der Waals surface area (Å²) in [7, 11) is -18.4. The van der Waals surface area contributed by atoms with E-state index >= 15 is 0 Å². The highest BCUT2D eigenvalue weighted by Gasteiger charge is 2.24. The summed E-state index contributed by atoms with van der Waals surface area (Å²) in [6.07, 6.45) is 0. The number of fused-ring (bicyclic) bond motifs is 1. The van der Waals surface area contributed by atoms with Gasteiger partial charge >= 0.3 is 0 Å². The van der Waals surface area contributed by atoms with E-state index in [1.54, 1.807) is 0 Å². The average molecular weight is 904 g/mol. The minimum absolute atomic E-state index is 0.0553. The molecule has 4 aromatic carbocycles. The van der Waals surface area contributed by atoms with Crippen molar-refractivity contribution in [3.63, 3.8) is 0 Å². The van der Waals surface area contributed by atoms with Gasteiger partial charge in [-0.15, -0.1) is 29.1 Å². The van der Waals surface area contributed by atoms with Crippen LogP contribution in [0.4, 0.5) is 28.4 Å². The van der Waals surface area contributed by atoms with Crippen molar-refractivity contribution in [2.75, 3.05) is 30.5 Å². The number of anilines is 1. The predicted octanol–water partition coefficient (Wildman–Crippen LogP) is 5.00. The van der Waals surface area contributed by atoms with Crippen LogP contribution in [0.2, 0.25) is 0 Å². The Morgan fingerprint density at radius 3 is 1.70 bits per heavy atom. The van der Waals surface area contributed by atoms with Crippen LogP contribution in [0, 0.1) is 0 Å². The van der Waals surface area contributed by atoms with Crippen molar-refractivity contribution in [2.24, 2.45) is 20.5 Å². The van der Waals surface area contributed by atoms with Gasteiger partial charge in [-0.1, -0.05) is 22.2 Å². The van der Waals surface area contributed by atoms with Crippen LogP contribution in [0.3, 0.4) is 0 Å². The van der Waals surface area contributed by atoms with E-state index in [1.807, 2.05) is 0 Å². The fourth-order valence-corrected chi connectivity index (χ4v) is 8.84. The van der Waals surface area contributed by atoms with Gasteiger partial charge in [0.05, 0.1) is 40.2 Å². The summed E-state index contributed by atoms with van der Waals surface area (Å²) in [6.45, 7) is -0.893. The molecule has 0 saturated carbocycles. The quantitative estimate of drug-likeness (QED) is 0.0129. The normalized spacial score (nSPS) is 13.0. The Kier molecular flexibility index (Phi) is 15.2. The molecular formula is C26H25N5O19S6. The first-order valence-electron chi connectivity index (χ1n) is 14.4. The highest BCUT2D eigenvalue weighted by atomic mass is 32.2. The summed E-state index contributed by atoms with van der Waals surface area (Å²) in [5.74, 6) is -1.88. The van der Waals surface area contributed by atoms with Crippen LogP contribution in [-0.4, -0.2) is 83.1 Å². The van der Waals surface area contributed by atoms with Gasteiger partial charge in [-0.2, -0.15) is 16.8 Å². The Morgan fingerprint density at radius 2 is 1.12 bits per heavy atom. The second-order valence-corrected chi connectivity index (χ2v) is 18.4. The van der Waals surface area contributed by atoms with Crippen molar-refractivity contribution in [3.05, 3.63) is 60.7 Å². The van der Waals surface area contributed by atoms with E-state index in [9.17, 15) is 47.9 Å². The molecule has 0 aliphatic heterocycles. The lowest BCUT2D eigenvalue weighted by Gasteiger charge is -2.10. The number of phenolic OH excluding ortho intramolecular Hbond substituents is 1. The number of azo groups is 2. The van der Waals surface area contributed by atoms with Gasteiger partial charge in [-0.05, 0) is 47.9 Å². The molecule has 0 fully saturated rings. The lowest BCUT2D eigenvalue weighted by molar-refractivity contribution is -0.434. The molecule has 304 valence electrons. The van der Waals surface area contributed by atoms with Gasteiger partial charge in [0.2, 0.25) is 0 Å². The van der Waals surface area contributed by atoms with Gasteiger partial charge in [0.25, 0.3) is 20.2 Å². The van der Waals surface area contributed by atoms with E-state index in [0.29, 0.717) is 6.07 Å². The lowest BCUT2D eigenvalue weighted by Crippen LogP contribution is -2.12. The SMILES string of the molecule is Nc1cc(O)c(N=Nc2ccc(S(=O)(=O)CCOSOOO)cc2S(=O)(=O)O)cc1N=Nc1ccc2cc(S(=O)(=O)CCOSOOO)ccc2c1S(=O)(=O)O. The van der Waals surface area contributed by atoms with Gasteiger partial charge in [0.1, 0.15) is 38.3 Å². The van der Waals surface area contributed by atoms with Crippen LogP contribution in [0.25, 0.3) is 10.8 Å². The zero-order chi connectivity index (χ0) is 41.3. The molecular weight excluding hydrogens is 879 g/mol. The highest BCUT2D eigenvalue weighted by molar-refractivity contribution is 7.92. The molecule has 0 unspecified atom stereocenters.